The van der Waals surface area contributed by atoms with Crippen molar-refractivity contribution in [1.29, 1.82) is 0 Å². The van der Waals surface area contributed by atoms with Crippen molar-refractivity contribution in [2.75, 3.05) is 13.7 Å². The summed E-state index contributed by atoms with van der Waals surface area (Å²) in [7, 11) is 1.68. The fourth-order valence-corrected chi connectivity index (χ4v) is 2.86. The summed E-state index contributed by atoms with van der Waals surface area (Å²) in [5.74, 6) is 1.84. The van der Waals surface area contributed by atoms with Crippen LogP contribution in [0.5, 0.6) is 11.5 Å². The van der Waals surface area contributed by atoms with Crippen LogP contribution in [0.2, 0.25) is 0 Å². The van der Waals surface area contributed by atoms with E-state index in [4.69, 9.17) is 9.47 Å². The van der Waals surface area contributed by atoms with Crippen LogP contribution in [0.1, 0.15) is 18.1 Å². The van der Waals surface area contributed by atoms with Crippen molar-refractivity contribution >= 4 is 10.8 Å². The number of rotatable bonds is 7. The summed E-state index contributed by atoms with van der Waals surface area (Å²) in [6.07, 6.45) is 0. The van der Waals surface area contributed by atoms with E-state index >= 15 is 0 Å². The Bertz CT molecular complexity index is 797. The SMILES string of the molecule is CCOc1ccc2ccccc2c1CNCc1ccc(OC)cc1. The average Bonchev–Trinajstić information content (AvgIpc) is 2.64. The van der Waals surface area contributed by atoms with Gasteiger partial charge in [-0.25, -0.2) is 0 Å². The zero-order chi connectivity index (χ0) is 16.8. The van der Waals surface area contributed by atoms with Crippen molar-refractivity contribution < 1.29 is 9.47 Å². The highest BCUT2D eigenvalue weighted by atomic mass is 16.5. The Kier molecular flexibility index (Phi) is 5.34. The van der Waals surface area contributed by atoms with Gasteiger partial charge in [0, 0.05) is 18.7 Å². The molecule has 0 atom stereocenters. The van der Waals surface area contributed by atoms with Crippen LogP contribution >= 0.6 is 0 Å². The van der Waals surface area contributed by atoms with Crippen LogP contribution in [0, 0.1) is 0 Å². The number of hydrogen-bond acceptors (Lipinski definition) is 3. The predicted molar refractivity (Wildman–Crippen MR) is 98.7 cm³/mol. The molecule has 0 radical (unpaired) electrons. The molecular formula is C21H23NO2. The van der Waals surface area contributed by atoms with E-state index in [9.17, 15) is 0 Å². The number of nitrogens with one attached hydrogen (secondary N) is 1. The Hall–Kier alpha value is -2.52. The highest BCUT2D eigenvalue weighted by Crippen LogP contribution is 2.28. The molecule has 3 aromatic rings. The van der Waals surface area contributed by atoms with E-state index in [-0.39, 0.29) is 0 Å². The number of benzene rings is 3. The van der Waals surface area contributed by atoms with Crippen LogP contribution < -0.4 is 14.8 Å². The van der Waals surface area contributed by atoms with Gasteiger partial charge >= 0.3 is 0 Å². The Morgan fingerprint density at radius 3 is 2.42 bits per heavy atom. The van der Waals surface area contributed by atoms with Crippen molar-refractivity contribution in [2.24, 2.45) is 0 Å². The lowest BCUT2D eigenvalue weighted by Crippen LogP contribution is -2.14. The summed E-state index contributed by atoms with van der Waals surface area (Å²) in [6, 6.07) is 20.8. The zero-order valence-corrected chi connectivity index (χ0v) is 14.2. The van der Waals surface area contributed by atoms with E-state index < -0.39 is 0 Å². The fourth-order valence-electron chi connectivity index (χ4n) is 2.86. The molecule has 0 spiro atoms. The summed E-state index contributed by atoms with van der Waals surface area (Å²) < 4.78 is 11.0. The van der Waals surface area contributed by atoms with Crippen LogP contribution in [0.3, 0.4) is 0 Å². The third kappa shape index (κ3) is 3.69. The molecule has 0 aliphatic rings. The maximum Gasteiger partial charge on any atom is 0.124 e. The second-order valence-electron chi connectivity index (χ2n) is 5.65. The molecule has 0 amide bonds. The molecule has 0 saturated carbocycles. The molecule has 0 aliphatic carbocycles. The lowest BCUT2D eigenvalue weighted by Gasteiger charge is -2.14. The molecule has 0 fully saturated rings. The van der Waals surface area contributed by atoms with Gasteiger partial charge in [-0.2, -0.15) is 0 Å². The maximum atomic E-state index is 5.82. The van der Waals surface area contributed by atoms with Gasteiger partial charge in [0.2, 0.25) is 0 Å². The first-order valence-electron chi connectivity index (χ1n) is 8.29. The smallest absolute Gasteiger partial charge is 0.124 e. The molecule has 0 unspecified atom stereocenters. The predicted octanol–water partition coefficient (Wildman–Crippen LogP) is 4.54. The number of hydrogen-bond donors (Lipinski definition) is 1. The summed E-state index contributed by atoms with van der Waals surface area (Å²) in [5.41, 5.74) is 2.44. The third-order valence-electron chi connectivity index (χ3n) is 4.09. The first kappa shape index (κ1) is 16.3. The van der Waals surface area contributed by atoms with Crippen LogP contribution in [-0.2, 0) is 13.1 Å². The largest absolute Gasteiger partial charge is 0.497 e. The highest BCUT2D eigenvalue weighted by molar-refractivity contribution is 5.87. The molecule has 0 heterocycles. The second-order valence-corrected chi connectivity index (χ2v) is 5.65. The molecule has 0 aliphatic heterocycles. The van der Waals surface area contributed by atoms with Crippen molar-refractivity contribution in [3.63, 3.8) is 0 Å². The van der Waals surface area contributed by atoms with Crippen molar-refractivity contribution in [3.05, 3.63) is 71.8 Å². The molecule has 1 N–H and O–H groups in total. The first-order chi connectivity index (χ1) is 11.8. The van der Waals surface area contributed by atoms with Gasteiger partial charge < -0.3 is 14.8 Å². The topological polar surface area (TPSA) is 30.5 Å². The van der Waals surface area contributed by atoms with Gasteiger partial charge in [-0.1, -0.05) is 42.5 Å². The van der Waals surface area contributed by atoms with E-state index in [2.05, 4.69) is 53.8 Å². The van der Waals surface area contributed by atoms with Gasteiger partial charge in [0.05, 0.1) is 13.7 Å². The zero-order valence-electron chi connectivity index (χ0n) is 14.2. The van der Waals surface area contributed by atoms with Crippen molar-refractivity contribution in [3.8, 4) is 11.5 Å². The monoisotopic (exact) mass is 321 g/mol. The fraction of sp³-hybridized carbons (Fsp3) is 0.238. The highest BCUT2D eigenvalue weighted by Gasteiger charge is 2.08. The molecule has 0 bridgehead atoms. The molecule has 3 rings (SSSR count). The van der Waals surface area contributed by atoms with Crippen LogP contribution in [0.15, 0.2) is 60.7 Å². The van der Waals surface area contributed by atoms with Gasteiger partial charge in [-0.15, -0.1) is 0 Å². The van der Waals surface area contributed by atoms with Crippen LogP contribution in [-0.4, -0.2) is 13.7 Å². The maximum absolute atomic E-state index is 5.82. The Labute approximate surface area is 143 Å². The van der Waals surface area contributed by atoms with E-state index in [0.29, 0.717) is 6.61 Å². The Morgan fingerprint density at radius 2 is 1.67 bits per heavy atom. The van der Waals surface area contributed by atoms with Gasteiger partial charge in [-0.3, -0.25) is 0 Å². The molecule has 3 nitrogen and oxygen atoms in total. The summed E-state index contributed by atoms with van der Waals surface area (Å²) in [6.45, 7) is 4.26. The quantitative estimate of drug-likeness (QED) is 0.693. The molecular weight excluding hydrogens is 298 g/mol. The summed E-state index contributed by atoms with van der Waals surface area (Å²) >= 11 is 0. The average molecular weight is 321 g/mol. The molecule has 24 heavy (non-hydrogen) atoms. The molecule has 124 valence electrons. The lowest BCUT2D eigenvalue weighted by molar-refractivity contribution is 0.336. The Balaban J connectivity index is 1.76. The Morgan fingerprint density at radius 1 is 0.875 bits per heavy atom. The first-order valence-corrected chi connectivity index (χ1v) is 8.29. The van der Waals surface area contributed by atoms with Gasteiger partial charge in [0.25, 0.3) is 0 Å². The van der Waals surface area contributed by atoms with Crippen LogP contribution in [0.25, 0.3) is 10.8 Å². The normalized spacial score (nSPS) is 10.8. The van der Waals surface area contributed by atoms with E-state index in [1.54, 1.807) is 7.11 Å². The standard InChI is InChI=1S/C21H23NO2/c1-3-24-21-13-10-17-6-4-5-7-19(17)20(21)15-22-14-16-8-11-18(23-2)12-9-16/h4-13,22H,3,14-15H2,1-2H3. The minimum absolute atomic E-state index is 0.670. The minimum atomic E-state index is 0.670. The summed E-state index contributed by atoms with van der Waals surface area (Å²) in [4.78, 5) is 0. The minimum Gasteiger partial charge on any atom is -0.497 e. The second kappa shape index (κ2) is 7.84. The number of ether oxygens (including phenoxy) is 2. The van der Waals surface area contributed by atoms with E-state index in [0.717, 1.165) is 24.6 Å². The molecule has 0 saturated heterocycles. The molecule has 3 heteroatoms. The van der Waals surface area contributed by atoms with Gasteiger partial charge in [0.1, 0.15) is 11.5 Å². The number of fused-ring (bicyclic) bond motifs is 1. The number of methoxy groups -OCH3 is 1. The molecule has 0 aromatic heterocycles. The lowest BCUT2D eigenvalue weighted by atomic mass is 10.0. The van der Waals surface area contributed by atoms with Crippen molar-refractivity contribution in [1.82, 2.24) is 5.32 Å². The van der Waals surface area contributed by atoms with Crippen molar-refractivity contribution in [2.45, 2.75) is 20.0 Å². The van der Waals surface area contributed by atoms with E-state index in [1.807, 2.05) is 19.1 Å². The van der Waals surface area contributed by atoms with Gasteiger partial charge in [-0.05, 0) is 41.5 Å². The molecule has 3 aromatic carbocycles. The van der Waals surface area contributed by atoms with E-state index in [1.165, 1.54) is 21.9 Å². The summed E-state index contributed by atoms with van der Waals surface area (Å²) in [5, 5.41) is 6.01. The van der Waals surface area contributed by atoms with Crippen LogP contribution in [0.4, 0.5) is 0 Å². The van der Waals surface area contributed by atoms with Gasteiger partial charge in [0.15, 0.2) is 0 Å². The third-order valence-corrected chi connectivity index (χ3v) is 4.09.